The van der Waals surface area contributed by atoms with E-state index in [1.807, 2.05) is 43.3 Å². The summed E-state index contributed by atoms with van der Waals surface area (Å²) in [5.74, 6) is 0. The number of rotatable bonds is 2. The largest absolute Gasteiger partial charge is 0.334 e. The standard InChI is InChI=1S/C16H13ClN2O2/c1-2-13-14(17)18-16(21)19(15(13)20)12-8-7-10-5-3-4-6-11(10)9-12/h3-9H,2H2,1H3,(H,18,21). The van der Waals surface area contributed by atoms with Crippen LogP contribution in [0.3, 0.4) is 0 Å². The Bertz CT molecular complexity index is 941. The second-order valence-corrected chi connectivity index (χ2v) is 5.13. The van der Waals surface area contributed by atoms with Crippen molar-refractivity contribution in [2.45, 2.75) is 13.3 Å². The minimum atomic E-state index is -0.530. The summed E-state index contributed by atoms with van der Waals surface area (Å²) in [4.78, 5) is 27.0. The van der Waals surface area contributed by atoms with E-state index in [-0.39, 0.29) is 10.7 Å². The normalized spacial score (nSPS) is 11.0. The molecule has 0 aliphatic heterocycles. The molecule has 0 unspecified atom stereocenters. The quantitative estimate of drug-likeness (QED) is 0.740. The zero-order valence-corrected chi connectivity index (χ0v) is 12.1. The van der Waals surface area contributed by atoms with Gasteiger partial charge in [0.05, 0.1) is 11.3 Å². The summed E-state index contributed by atoms with van der Waals surface area (Å²) in [6, 6.07) is 13.2. The maximum Gasteiger partial charge on any atom is 0.334 e. The number of hydrogen-bond acceptors (Lipinski definition) is 2. The molecular weight excluding hydrogens is 288 g/mol. The number of halogens is 1. The summed E-state index contributed by atoms with van der Waals surface area (Å²) < 4.78 is 1.12. The first kappa shape index (κ1) is 13.6. The highest BCUT2D eigenvalue weighted by Gasteiger charge is 2.12. The molecule has 5 heteroatoms. The van der Waals surface area contributed by atoms with Crippen LogP contribution in [0.15, 0.2) is 52.1 Å². The Balaban J connectivity index is 2.32. The molecule has 4 nitrogen and oxygen atoms in total. The van der Waals surface area contributed by atoms with Crippen molar-refractivity contribution in [3.8, 4) is 5.69 Å². The summed E-state index contributed by atoms with van der Waals surface area (Å²) in [6.45, 7) is 1.83. The van der Waals surface area contributed by atoms with Gasteiger partial charge in [0.1, 0.15) is 5.15 Å². The van der Waals surface area contributed by atoms with Crippen molar-refractivity contribution < 1.29 is 0 Å². The van der Waals surface area contributed by atoms with Crippen LogP contribution >= 0.6 is 11.6 Å². The second-order valence-electron chi connectivity index (χ2n) is 4.75. The summed E-state index contributed by atoms with van der Waals surface area (Å²) in [5, 5.41) is 2.13. The van der Waals surface area contributed by atoms with Crippen molar-refractivity contribution in [2.24, 2.45) is 0 Å². The molecule has 0 fully saturated rings. The maximum atomic E-state index is 12.4. The maximum absolute atomic E-state index is 12.4. The highest BCUT2D eigenvalue weighted by Crippen LogP contribution is 2.17. The average molecular weight is 301 g/mol. The van der Waals surface area contributed by atoms with Gasteiger partial charge in [-0.25, -0.2) is 9.36 Å². The van der Waals surface area contributed by atoms with Crippen LogP contribution in [0.5, 0.6) is 0 Å². The minimum Gasteiger partial charge on any atom is -0.297 e. The Hall–Kier alpha value is -2.33. The molecule has 0 atom stereocenters. The highest BCUT2D eigenvalue weighted by atomic mass is 35.5. The van der Waals surface area contributed by atoms with Crippen LogP contribution in [-0.4, -0.2) is 9.55 Å². The molecule has 0 saturated carbocycles. The van der Waals surface area contributed by atoms with Crippen molar-refractivity contribution in [1.29, 1.82) is 0 Å². The van der Waals surface area contributed by atoms with Crippen LogP contribution in [0.1, 0.15) is 12.5 Å². The van der Waals surface area contributed by atoms with E-state index in [2.05, 4.69) is 4.98 Å². The molecule has 1 N–H and O–H groups in total. The molecule has 3 aromatic rings. The average Bonchev–Trinajstić information content (AvgIpc) is 2.47. The van der Waals surface area contributed by atoms with E-state index in [0.717, 1.165) is 15.3 Å². The van der Waals surface area contributed by atoms with Crippen molar-refractivity contribution in [2.75, 3.05) is 0 Å². The first-order valence-corrected chi connectivity index (χ1v) is 7.02. The summed E-state index contributed by atoms with van der Waals surface area (Å²) in [7, 11) is 0. The van der Waals surface area contributed by atoms with Gasteiger partial charge in [0.2, 0.25) is 0 Å². The van der Waals surface area contributed by atoms with Gasteiger partial charge in [-0.05, 0) is 29.3 Å². The van der Waals surface area contributed by atoms with Gasteiger partial charge in [-0.2, -0.15) is 0 Å². The molecule has 0 amide bonds. The van der Waals surface area contributed by atoms with Gasteiger partial charge in [-0.1, -0.05) is 48.9 Å². The van der Waals surface area contributed by atoms with E-state index < -0.39 is 5.69 Å². The summed E-state index contributed by atoms with van der Waals surface area (Å²) in [5.41, 5.74) is 0.0368. The van der Waals surface area contributed by atoms with Gasteiger partial charge in [-0.15, -0.1) is 0 Å². The lowest BCUT2D eigenvalue weighted by atomic mass is 10.1. The minimum absolute atomic E-state index is 0.115. The molecule has 0 saturated heterocycles. The number of aromatic nitrogens is 2. The third-order valence-corrected chi connectivity index (χ3v) is 3.81. The molecule has 0 aliphatic rings. The second kappa shape index (κ2) is 5.22. The lowest BCUT2D eigenvalue weighted by Crippen LogP contribution is -2.36. The number of benzene rings is 2. The molecular formula is C16H13ClN2O2. The number of fused-ring (bicyclic) bond motifs is 1. The topological polar surface area (TPSA) is 54.9 Å². The molecule has 21 heavy (non-hydrogen) atoms. The van der Waals surface area contributed by atoms with E-state index in [1.165, 1.54) is 0 Å². The van der Waals surface area contributed by atoms with Crippen LogP contribution < -0.4 is 11.2 Å². The molecule has 1 aromatic heterocycles. The predicted molar refractivity (Wildman–Crippen MR) is 84.6 cm³/mol. The molecule has 0 aliphatic carbocycles. The van der Waals surface area contributed by atoms with Crippen LogP contribution in [-0.2, 0) is 6.42 Å². The SMILES string of the molecule is CCc1c(Cl)[nH]c(=O)n(-c2ccc3ccccc3c2)c1=O. The van der Waals surface area contributed by atoms with E-state index in [0.29, 0.717) is 17.7 Å². The third kappa shape index (κ3) is 2.28. The number of nitrogens with one attached hydrogen (secondary N) is 1. The van der Waals surface area contributed by atoms with Crippen LogP contribution in [0.4, 0.5) is 0 Å². The van der Waals surface area contributed by atoms with E-state index in [4.69, 9.17) is 11.6 Å². The van der Waals surface area contributed by atoms with Gasteiger partial charge >= 0.3 is 5.69 Å². The third-order valence-electron chi connectivity index (χ3n) is 3.49. The molecule has 0 bridgehead atoms. The first-order valence-electron chi connectivity index (χ1n) is 6.64. The van der Waals surface area contributed by atoms with Crippen molar-refractivity contribution in [3.63, 3.8) is 0 Å². The van der Waals surface area contributed by atoms with Crippen molar-refractivity contribution in [1.82, 2.24) is 9.55 Å². The van der Waals surface area contributed by atoms with Crippen molar-refractivity contribution >= 4 is 22.4 Å². The van der Waals surface area contributed by atoms with E-state index >= 15 is 0 Å². The molecule has 0 spiro atoms. The lowest BCUT2D eigenvalue weighted by molar-refractivity contribution is 0.843. The fourth-order valence-corrected chi connectivity index (χ4v) is 2.70. The summed E-state index contributed by atoms with van der Waals surface area (Å²) >= 11 is 5.92. The molecule has 0 radical (unpaired) electrons. The summed E-state index contributed by atoms with van der Waals surface area (Å²) in [6.07, 6.45) is 0.460. The molecule has 1 heterocycles. The van der Waals surface area contributed by atoms with Crippen LogP contribution in [0.25, 0.3) is 16.5 Å². The Morgan fingerprint density at radius 2 is 1.81 bits per heavy atom. The molecule has 3 rings (SSSR count). The smallest absolute Gasteiger partial charge is 0.297 e. The van der Waals surface area contributed by atoms with Gasteiger partial charge in [-0.3, -0.25) is 9.78 Å². The molecule has 106 valence electrons. The van der Waals surface area contributed by atoms with Crippen molar-refractivity contribution in [3.05, 3.63) is 74.0 Å². The predicted octanol–water partition coefficient (Wildman–Crippen LogP) is 2.89. The Kier molecular flexibility index (Phi) is 3.39. The van der Waals surface area contributed by atoms with Gasteiger partial charge < -0.3 is 0 Å². The zero-order chi connectivity index (χ0) is 15.0. The Labute approximate surface area is 125 Å². The van der Waals surface area contributed by atoms with Gasteiger partial charge in [0, 0.05) is 0 Å². The van der Waals surface area contributed by atoms with Gasteiger partial charge in [0.15, 0.2) is 0 Å². The highest BCUT2D eigenvalue weighted by molar-refractivity contribution is 6.30. The monoisotopic (exact) mass is 300 g/mol. The van der Waals surface area contributed by atoms with Crippen LogP contribution in [0, 0.1) is 0 Å². The lowest BCUT2D eigenvalue weighted by Gasteiger charge is -2.09. The number of aromatic amines is 1. The fraction of sp³-hybridized carbons (Fsp3) is 0.125. The van der Waals surface area contributed by atoms with Crippen LogP contribution in [0.2, 0.25) is 5.15 Å². The first-order chi connectivity index (χ1) is 10.1. The Morgan fingerprint density at radius 1 is 1.10 bits per heavy atom. The number of hydrogen-bond donors (Lipinski definition) is 1. The number of nitrogens with zero attached hydrogens (tertiary/aromatic N) is 1. The Morgan fingerprint density at radius 3 is 2.52 bits per heavy atom. The van der Waals surface area contributed by atoms with Gasteiger partial charge in [0.25, 0.3) is 5.56 Å². The number of H-pyrrole nitrogens is 1. The van der Waals surface area contributed by atoms with E-state index in [9.17, 15) is 9.59 Å². The van der Waals surface area contributed by atoms with E-state index in [1.54, 1.807) is 6.07 Å². The molecule has 2 aromatic carbocycles. The zero-order valence-electron chi connectivity index (χ0n) is 11.4. The fourth-order valence-electron chi connectivity index (χ4n) is 2.40.